The van der Waals surface area contributed by atoms with Crippen molar-refractivity contribution < 1.29 is 13.9 Å². The van der Waals surface area contributed by atoms with Gasteiger partial charge in [-0.15, -0.1) is 11.3 Å². The molecular weight excluding hydrogens is 398 g/mol. The minimum atomic E-state index is -0.588. The van der Waals surface area contributed by atoms with E-state index in [1.54, 1.807) is 23.6 Å². The Kier molecular flexibility index (Phi) is 5.93. The maximum absolute atomic E-state index is 14.3. The Balaban J connectivity index is 1.49. The summed E-state index contributed by atoms with van der Waals surface area (Å²) in [5, 5.41) is 14.0. The summed E-state index contributed by atoms with van der Waals surface area (Å²) in [6, 6.07) is 6.37. The zero-order chi connectivity index (χ0) is 20.2. The van der Waals surface area contributed by atoms with Crippen LogP contribution < -0.4 is 10.2 Å². The SMILES string of the molecule is OCCN1CCN(c2ncc(F)c(Nc3nc(-c4ccccc4F)cs3)n2)CC1. The van der Waals surface area contributed by atoms with Gasteiger partial charge in [-0.3, -0.25) is 4.90 Å². The monoisotopic (exact) mass is 418 g/mol. The second kappa shape index (κ2) is 8.76. The van der Waals surface area contributed by atoms with E-state index < -0.39 is 5.82 Å². The minimum Gasteiger partial charge on any atom is -0.395 e. The summed E-state index contributed by atoms with van der Waals surface area (Å²) >= 11 is 1.24. The van der Waals surface area contributed by atoms with Crippen molar-refractivity contribution in [2.24, 2.45) is 0 Å². The molecule has 1 aliphatic rings. The Morgan fingerprint density at radius 2 is 1.86 bits per heavy atom. The number of nitrogens with zero attached hydrogens (tertiary/aromatic N) is 5. The number of benzene rings is 1. The van der Waals surface area contributed by atoms with E-state index in [-0.39, 0.29) is 18.2 Å². The first kappa shape index (κ1) is 19.6. The van der Waals surface area contributed by atoms with E-state index in [0.717, 1.165) is 19.3 Å². The average Bonchev–Trinajstić information content (AvgIpc) is 3.19. The van der Waals surface area contributed by atoms with Gasteiger partial charge < -0.3 is 15.3 Å². The van der Waals surface area contributed by atoms with Crippen LogP contribution >= 0.6 is 11.3 Å². The zero-order valence-electron chi connectivity index (χ0n) is 15.6. The van der Waals surface area contributed by atoms with Crippen molar-refractivity contribution >= 4 is 28.2 Å². The lowest BCUT2D eigenvalue weighted by atomic mass is 10.2. The lowest BCUT2D eigenvalue weighted by Gasteiger charge is -2.34. The molecule has 1 saturated heterocycles. The average molecular weight is 418 g/mol. The molecule has 0 radical (unpaired) electrons. The van der Waals surface area contributed by atoms with Crippen LogP contribution in [0.25, 0.3) is 11.3 Å². The van der Waals surface area contributed by atoms with E-state index in [0.29, 0.717) is 42.0 Å². The van der Waals surface area contributed by atoms with Crippen LogP contribution in [0.15, 0.2) is 35.8 Å². The van der Waals surface area contributed by atoms with Crippen molar-refractivity contribution in [2.45, 2.75) is 0 Å². The number of hydrogen-bond donors (Lipinski definition) is 2. The van der Waals surface area contributed by atoms with Gasteiger partial charge in [0.25, 0.3) is 0 Å². The number of thiazole rings is 1. The standard InChI is InChI=1S/C19H20F2N6OS/c20-14-4-2-1-3-13(14)16-12-29-19(23-16)25-17-15(21)11-22-18(24-17)27-7-5-26(6-8-27)9-10-28/h1-4,11-12,28H,5-10H2,(H,22,23,24,25). The number of piperazine rings is 1. The molecule has 29 heavy (non-hydrogen) atoms. The molecule has 7 nitrogen and oxygen atoms in total. The number of hydrogen-bond acceptors (Lipinski definition) is 8. The van der Waals surface area contributed by atoms with Crippen molar-refractivity contribution in [2.75, 3.05) is 49.5 Å². The molecule has 3 heterocycles. The molecule has 10 heteroatoms. The highest BCUT2D eigenvalue weighted by molar-refractivity contribution is 7.14. The molecule has 0 spiro atoms. The predicted molar refractivity (Wildman–Crippen MR) is 109 cm³/mol. The number of β-amino-alcohol motifs (C(OH)–C–C–N with tert-alkyl or cyclic N) is 1. The van der Waals surface area contributed by atoms with Gasteiger partial charge in [0.15, 0.2) is 16.8 Å². The van der Waals surface area contributed by atoms with E-state index in [4.69, 9.17) is 5.11 Å². The van der Waals surface area contributed by atoms with Crippen LogP contribution in [-0.4, -0.2) is 64.3 Å². The molecule has 0 atom stereocenters. The van der Waals surface area contributed by atoms with Gasteiger partial charge in [-0.05, 0) is 12.1 Å². The van der Waals surface area contributed by atoms with Crippen LogP contribution in [0.5, 0.6) is 0 Å². The number of aromatic nitrogens is 3. The topological polar surface area (TPSA) is 77.4 Å². The van der Waals surface area contributed by atoms with Crippen LogP contribution in [-0.2, 0) is 0 Å². The molecule has 0 aliphatic carbocycles. The van der Waals surface area contributed by atoms with E-state index in [9.17, 15) is 8.78 Å². The molecule has 0 amide bonds. The summed E-state index contributed by atoms with van der Waals surface area (Å²) < 4.78 is 28.2. The molecule has 0 unspecified atom stereocenters. The summed E-state index contributed by atoms with van der Waals surface area (Å²) in [5.74, 6) is -0.485. The second-order valence-electron chi connectivity index (χ2n) is 6.56. The molecule has 1 aliphatic heterocycles. The Labute approximate surface area is 170 Å². The highest BCUT2D eigenvalue weighted by Crippen LogP contribution is 2.29. The quantitative estimate of drug-likeness (QED) is 0.637. The van der Waals surface area contributed by atoms with Crippen molar-refractivity contribution in [3.8, 4) is 11.3 Å². The molecule has 0 bridgehead atoms. The van der Waals surface area contributed by atoms with Gasteiger partial charge in [-0.1, -0.05) is 12.1 Å². The van der Waals surface area contributed by atoms with E-state index >= 15 is 0 Å². The van der Waals surface area contributed by atoms with Crippen LogP contribution in [0.1, 0.15) is 0 Å². The van der Waals surface area contributed by atoms with Crippen LogP contribution in [0, 0.1) is 11.6 Å². The van der Waals surface area contributed by atoms with Gasteiger partial charge >= 0.3 is 0 Å². The zero-order valence-corrected chi connectivity index (χ0v) is 16.4. The van der Waals surface area contributed by atoms with Crippen molar-refractivity contribution in [3.63, 3.8) is 0 Å². The number of halogens is 2. The molecule has 1 fully saturated rings. The smallest absolute Gasteiger partial charge is 0.227 e. The lowest BCUT2D eigenvalue weighted by molar-refractivity contribution is 0.188. The highest BCUT2D eigenvalue weighted by atomic mass is 32.1. The molecule has 4 rings (SSSR count). The third-order valence-electron chi connectivity index (χ3n) is 4.68. The fourth-order valence-corrected chi connectivity index (χ4v) is 3.85. The maximum atomic E-state index is 14.3. The molecular formula is C19H20F2N6OS. The number of rotatable bonds is 6. The molecule has 2 aromatic heterocycles. The summed E-state index contributed by atoms with van der Waals surface area (Å²) in [6.07, 6.45) is 1.14. The third-order valence-corrected chi connectivity index (χ3v) is 5.44. The number of aliphatic hydroxyl groups is 1. The van der Waals surface area contributed by atoms with Crippen molar-refractivity contribution in [1.82, 2.24) is 19.9 Å². The first-order chi connectivity index (χ1) is 14.1. The summed E-state index contributed by atoms with van der Waals surface area (Å²) in [5.41, 5.74) is 0.867. The lowest BCUT2D eigenvalue weighted by Crippen LogP contribution is -2.47. The van der Waals surface area contributed by atoms with Crippen LogP contribution in [0.2, 0.25) is 0 Å². The normalized spacial score (nSPS) is 14.9. The van der Waals surface area contributed by atoms with Crippen molar-refractivity contribution in [3.05, 3.63) is 47.5 Å². The minimum absolute atomic E-state index is 0.0298. The molecule has 3 aromatic rings. The maximum Gasteiger partial charge on any atom is 0.227 e. The highest BCUT2D eigenvalue weighted by Gasteiger charge is 2.20. The molecule has 0 saturated carbocycles. The first-order valence-electron chi connectivity index (χ1n) is 9.22. The number of aliphatic hydroxyl groups excluding tert-OH is 1. The van der Waals surface area contributed by atoms with Gasteiger partial charge in [-0.2, -0.15) is 4.98 Å². The van der Waals surface area contributed by atoms with Crippen LogP contribution in [0.3, 0.4) is 0 Å². The van der Waals surface area contributed by atoms with E-state index in [1.807, 2.05) is 4.90 Å². The summed E-state index contributed by atoms with van der Waals surface area (Å²) in [7, 11) is 0. The Morgan fingerprint density at radius 1 is 1.07 bits per heavy atom. The second-order valence-corrected chi connectivity index (χ2v) is 7.42. The Hall–Kier alpha value is -2.69. The predicted octanol–water partition coefficient (Wildman–Crippen LogP) is 2.74. The fourth-order valence-electron chi connectivity index (χ4n) is 3.14. The first-order valence-corrected chi connectivity index (χ1v) is 10.1. The third kappa shape index (κ3) is 4.50. The van der Waals surface area contributed by atoms with E-state index in [2.05, 4.69) is 25.2 Å². The largest absolute Gasteiger partial charge is 0.395 e. The van der Waals surface area contributed by atoms with Gasteiger partial charge in [0.05, 0.1) is 18.5 Å². The number of anilines is 3. The van der Waals surface area contributed by atoms with Gasteiger partial charge in [0.1, 0.15) is 5.82 Å². The molecule has 2 N–H and O–H groups in total. The van der Waals surface area contributed by atoms with Gasteiger partial charge in [-0.25, -0.2) is 18.7 Å². The summed E-state index contributed by atoms with van der Waals surface area (Å²) in [6.45, 7) is 3.72. The van der Waals surface area contributed by atoms with Crippen LogP contribution in [0.4, 0.5) is 25.7 Å². The molecule has 152 valence electrons. The molecule has 1 aromatic carbocycles. The fraction of sp³-hybridized carbons (Fsp3) is 0.316. The Morgan fingerprint density at radius 3 is 2.62 bits per heavy atom. The van der Waals surface area contributed by atoms with Crippen molar-refractivity contribution in [1.29, 1.82) is 0 Å². The van der Waals surface area contributed by atoms with Gasteiger partial charge in [0, 0.05) is 43.7 Å². The van der Waals surface area contributed by atoms with E-state index in [1.165, 1.54) is 17.4 Å². The number of nitrogens with one attached hydrogen (secondary N) is 1. The summed E-state index contributed by atoms with van der Waals surface area (Å²) in [4.78, 5) is 16.9. The van der Waals surface area contributed by atoms with Gasteiger partial charge in [0.2, 0.25) is 5.95 Å². The Bertz CT molecular complexity index is 977.